The smallest absolute Gasteiger partial charge is 0.339 e. The Bertz CT molecular complexity index is 728. The predicted molar refractivity (Wildman–Crippen MR) is 99.9 cm³/mol. The molecule has 138 valence electrons. The lowest BCUT2D eigenvalue weighted by atomic mass is 10.2. The molecule has 0 aliphatic rings. The Morgan fingerprint density at radius 1 is 1.00 bits per heavy atom. The van der Waals surface area contributed by atoms with E-state index in [-0.39, 0.29) is 5.91 Å². The number of hydrogen-bond acceptors (Lipinski definition) is 4. The summed E-state index contributed by atoms with van der Waals surface area (Å²) >= 11 is 0. The molecule has 0 bridgehead atoms. The van der Waals surface area contributed by atoms with Crippen LogP contribution in [0.5, 0.6) is 5.75 Å². The zero-order chi connectivity index (χ0) is 18.9. The van der Waals surface area contributed by atoms with Crippen molar-refractivity contribution in [3.8, 4) is 5.75 Å². The third-order valence-electron chi connectivity index (χ3n) is 3.66. The topological polar surface area (TPSA) is 64.6 Å². The van der Waals surface area contributed by atoms with Gasteiger partial charge in [0.25, 0.3) is 5.91 Å². The minimum Gasteiger partial charge on any atom is -0.489 e. The molecule has 0 aliphatic carbocycles. The minimum absolute atomic E-state index is 0.302. The Morgan fingerprint density at radius 2 is 1.73 bits per heavy atom. The van der Waals surface area contributed by atoms with Crippen molar-refractivity contribution >= 4 is 11.9 Å². The van der Waals surface area contributed by atoms with Gasteiger partial charge in [-0.2, -0.15) is 0 Å². The molecule has 1 N–H and O–H groups in total. The summed E-state index contributed by atoms with van der Waals surface area (Å²) in [4.78, 5) is 24.2. The van der Waals surface area contributed by atoms with E-state index in [1.54, 1.807) is 31.2 Å². The highest BCUT2D eigenvalue weighted by molar-refractivity contribution is 5.92. The van der Waals surface area contributed by atoms with Gasteiger partial charge in [0.05, 0.1) is 5.56 Å². The normalized spacial score (nSPS) is 11.7. The molecule has 0 aliphatic heterocycles. The van der Waals surface area contributed by atoms with Crippen LogP contribution in [0.4, 0.5) is 0 Å². The van der Waals surface area contributed by atoms with Crippen molar-refractivity contribution in [2.24, 2.45) is 5.92 Å². The summed E-state index contributed by atoms with van der Waals surface area (Å²) in [5.41, 5.74) is 1.38. The van der Waals surface area contributed by atoms with E-state index in [9.17, 15) is 9.59 Å². The summed E-state index contributed by atoms with van der Waals surface area (Å²) in [5.74, 6) is 0.0476. The lowest BCUT2D eigenvalue weighted by Gasteiger charge is -2.15. The van der Waals surface area contributed by atoms with Gasteiger partial charge in [-0.05, 0) is 36.6 Å². The van der Waals surface area contributed by atoms with E-state index in [2.05, 4.69) is 5.32 Å². The molecule has 0 heterocycles. The van der Waals surface area contributed by atoms with Gasteiger partial charge in [0.15, 0.2) is 6.10 Å². The van der Waals surface area contributed by atoms with Crippen LogP contribution >= 0.6 is 0 Å². The maximum Gasteiger partial charge on any atom is 0.339 e. The van der Waals surface area contributed by atoms with E-state index in [1.165, 1.54) is 0 Å². The summed E-state index contributed by atoms with van der Waals surface area (Å²) < 4.78 is 11.0. The van der Waals surface area contributed by atoms with Crippen LogP contribution in [0, 0.1) is 5.92 Å². The van der Waals surface area contributed by atoms with Crippen LogP contribution in [0.2, 0.25) is 0 Å². The molecule has 5 heteroatoms. The zero-order valence-electron chi connectivity index (χ0n) is 15.4. The molecule has 1 atom stereocenters. The molecule has 0 fully saturated rings. The average molecular weight is 355 g/mol. The Labute approximate surface area is 154 Å². The molecular weight excluding hydrogens is 330 g/mol. The van der Waals surface area contributed by atoms with Crippen LogP contribution in [-0.4, -0.2) is 24.5 Å². The third kappa shape index (κ3) is 6.24. The first kappa shape index (κ1) is 19.5. The van der Waals surface area contributed by atoms with Gasteiger partial charge < -0.3 is 14.8 Å². The second kappa shape index (κ2) is 9.61. The van der Waals surface area contributed by atoms with E-state index >= 15 is 0 Å². The lowest BCUT2D eigenvalue weighted by Crippen LogP contribution is -2.37. The Morgan fingerprint density at radius 3 is 2.42 bits per heavy atom. The number of benzene rings is 2. The van der Waals surface area contributed by atoms with Gasteiger partial charge >= 0.3 is 5.97 Å². The SMILES string of the molecule is CC(C)CNC(=O)C(C)OC(=O)c1cccc(OCc2ccccc2)c1. The fourth-order valence-corrected chi connectivity index (χ4v) is 2.18. The van der Waals surface area contributed by atoms with Crippen molar-refractivity contribution in [2.45, 2.75) is 33.5 Å². The van der Waals surface area contributed by atoms with Gasteiger partial charge in [-0.25, -0.2) is 4.79 Å². The molecule has 0 radical (unpaired) electrons. The summed E-state index contributed by atoms with van der Waals surface area (Å²) in [5, 5.41) is 2.75. The van der Waals surface area contributed by atoms with Crippen LogP contribution in [0.25, 0.3) is 0 Å². The molecule has 0 aromatic heterocycles. The fourth-order valence-electron chi connectivity index (χ4n) is 2.18. The second-order valence-corrected chi connectivity index (χ2v) is 6.49. The van der Waals surface area contributed by atoms with Crippen molar-refractivity contribution in [3.63, 3.8) is 0 Å². The molecule has 2 aromatic carbocycles. The Kier molecular flexibility index (Phi) is 7.21. The lowest BCUT2D eigenvalue weighted by molar-refractivity contribution is -0.129. The molecule has 2 aromatic rings. The standard InChI is InChI=1S/C21H25NO4/c1-15(2)13-22-20(23)16(3)26-21(24)18-10-7-11-19(12-18)25-14-17-8-5-4-6-9-17/h4-12,15-16H,13-14H2,1-3H3,(H,22,23). The first-order valence-corrected chi connectivity index (χ1v) is 8.71. The predicted octanol–water partition coefficient (Wildman–Crippen LogP) is 3.58. The van der Waals surface area contributed by atoms with Gasteiger partial charge in [-0.3, -0.25) is 4.79 Å². The number of rotatable bonds is 8. The summed E-state index contributed by atoms with van der Waals surface area (Å²) in [6, 6.07) is 16.5. The van der Waals surface area contributed by atoms with Gasteiger partial charge in [-0.1, -0.05) is 50.2 Å². The van der Waals surface area contributed by atoms with E-state index in [0.717, 1.165) is 5.56 Å². The molecule has 2 rings (SSSR count). The molecule has 0 spiro atoms. The van der Waals surface area contributed by atoms with Crippen molar-refractivity contribution in [2.75, 3.05) is 6.54 Å². The first-order chi connectivity index (χ1) is 12.5. The Balaban J connectivity index is 1.91. The zero-order valence-corrected chi connectivity index (χ0v) is 15.4. The van der Waals surface area contributed by atoms with Gasteiger partial charge in [0, 0.05) is 6.54 Å². The van der Waals surface area contributed by atoms with E-state index < -0.39 is 12.1 Å². The quantitative estimate of drug-likeness (QED) is 0.735. The van der Waals surface area contributed by atoms with Gasteiger partial charge in [0.2, 0.25) is 0 Å². The van der Waals surface area contributed by atoms with Crippen molar-refractivity contribution in [1.82, 2.24) is 5.32 Å². The second-order valence-electron chi connectivity index (χ2n) is 6.49. The molecular formula is C21H25NO4. The maximum atomic E-state index is 12.3. The highest BCUT2D eigenvalue weighted by Gasteiger charge is 2.19. The minimum atomic E-state index is -0.852. The van der Waals surface area contributed by atoms with Crippen molar-refractivity contribution in [3.05, 3.63) is 65.7 Å². The van der Waals surface area contributed by atoms with Crippen molar-refractivity contribution < 1.29 is 19.1 Å². The number of carbonyl (C=O) groups excluding carboxylic acids is 2. The first-order valence-electron chi connectivity index (χ1n) is 8.71. The summed E-state index contributed by atoms with van der Waals surface area (Å²) in [6.07, 6.45) is -0.852. The number of nitrogens with one attached hydrogen (secondary N) is 1. The molecule has 1 amide bonds. The van der Waals surface area contributed by atoms with Crippen LogP contribution in [0.1, 0.15) is 36.7 Å². The molecule has 26 heavy (non-hydrogen) atoms. The number of amides is 1. The van der Waals surface area contributed by atoms with E-state index in [1.807, 2.05) is 44.2 Å². The monoisotopic (exact) mass is 355 g/mol. The number of carbonyl (C=O) groups is 2. The van der Waals surface area contributed by atoms with Crippen molar-refractivity contribution in [1.29, 1.82) is 0 Å². The third-order valence-corrected chi connectivity index (χ3v) is 3.66. The molecule has 0 saturated heterocycles. The highest BCUT2D eigenvalue weighted by atomic mass is 16.5. The van der Waals surface area contributed by atoms with Gasteiger partial charge in [-0.15, -0.1) is 0 Å². The number of esters is 1. The van der Waals surface area contributed by atoms with Crippen LogP contribution in [-0.2, 0) is 16.1 Å². The fraction of sp³-hybridized carbons (Fsp3) is 0.333. The maximum absolute atomic E-state index is 12.3. The van der Waals surface area contributed by atoms with Crippen LogP contribution in [0.3, 0.4) is 0 Å². The molecule has 0 saturated carbocycles. The summed E-state index contributed by atoms with van der Waals surface area (Å²) in [7, 11) is 0. The van der Waals surface area contributed by atoms with Crippen LogP contribution < -0.4 is 10.1 Å². The van der Waals surface area contributed by atoms with E-state index in [4.69, 9.17) is 9.47 Å². The van der Waals surface area contributed by atoms with E-state index in [0.29, 0.717) is 30.4 Å². The van der Waals surface area contributed by atoms with Gasteiger partial charge in [0.1, 0.15) is 12.4 Å². The Hall–Kier alpha value is -2.82. The molecule has 5 nitrogen and oxygen atoms in total. The largest absolute Gasteiger partial charge is 0.489 e. The average Bonchev–Trinajstić information content (AvgIpc) is 2.65. The van der Waals surface area contributed by atoms with Crippen LogP contribution in [0.15, 0.2) is 54.6 Å². The molecule has 1 unspecified atom stereocenters. The number of ether oxygens (including phenoxy) is 2. The summed E-state index contributed by atoms with van der Waals surface area (Å²) in [6.45, 7) is 6.51. The number of hydrogen-bond donors (Lipinski definition) is 1. The highest BCUT2D eigenvalue weighted by Crippen LogP contribution is 2.16.